The fourth-order valence-corrected chi connectivity index (χ4v) is 0.783. The Balaban J connectivity index is 0. The topological polar surface area (TPSA) is 41.9 Å². The average Bonchev–Trinajstić information content (AvgIpc) is 1.99. The molecule has 0 aliphatic rings. The Kier molecular flexibility index (Phi) is 7.66. The predicted molar refractivity (Wildman–Crippen MR) is 67.8 cm³/mol. The maximum absolute atomic E-state index is 11.6. The molecule has 4 nitrogen and oxygen atoms in total. The minimum absolute atomic E-state index is 0. The van der Waals surface area contributed by atoms with Gasteiger partial charge in [0.15, 0.2) is 0 Å². The van der Waals surface area contributed by atoms with Crippen molar-refractivity contribution in [1.82, 2.24) is 5.01 Å². The first-order chi connectivity index (χ1) is 6.76. The fourth-order valence-electron chi connectivity index (χ4n) is 0.783. The Morgan fingerprint density at radius 2 is 1.94 bits per heavy atom. The van der Waals surface area contributed by atoms with Crippen LogP contribution in [0.1, 0.15) is 34.6 Å². The van der Waals surface area contributed by atoms with E-state index >= 15 is 0 Å². The van der Waals surface area contributed by atoms with Gasteiger partial charge >= 0.3 is 6.09 Å². The van der Waals surface area contributed by atoms with Crippen LogP contribution in [0.15, 0.2) is 5.10 Å². The van der Waals surface area contributed by atoms with E-state index in [1.54, 1.807) is 34.6 Å². The summed E-state index contributed by atoms with van der Waals surface area (Å²) in [5.41, 5.74) is 0.206. The lowest BCUT2D eigenvalue weighted by Crippen LogP contribution is -2.34. The van der Waals surface area contributed by atoms with E-state index in [0.29, 0.717) is 0 Å². The number of nitrogens with zero attached hydrogens (tertiary/aromatic N) is 2. The number of terminal acetylenes is 1. The van der Waals surface area contributed by atoms with E-state index in [2.05, 4.69) is 11.0 Å². The van der Waals surface area contributed by atoms with Gasteiger partial charge in [0.05, 0.1) is 0 Å². The first-order valence-corrected chi connectivity index (χ1v) is 4.72. The highest BCUT2D eigenvalue weighted by Crippen LogP contribution is 2.10. The second-order valence-corrected chi connectivity index (χ2v) is 4.29. The van der Waals surface area contributed by atoms with E-state index in [9.17, 15) is 4.79 Å². The number of carbonyl (C=O) groups excluding carboxylic acids is 1. The molecule has 0 aliphatic carbocycles. The Morgan fingerprint density at radius 3 is 2.25 bits per heavy atom. The first kappa shape index (κ1) is 17.2. The van der Waals surface area contributed by atoms with Crippen molar-refractivity contribution in [3.05, 3.63) is 0 Å². The molecule has 0 rings (SSSR count). The monoisotopic (exact) mass is 246 g/mol. The van der Waals surface area contributed by atoms with Gasteiger partial charge in [-0.2, -0.15) is 10.1 Å². The number of hydrogen-bond acceptors (Lipinski definition) is 3. The van der Waals surface area contributed by atoms with Gasteiger partial charge in [0.25, 0.3) is 0 Å². The molecule has 0 saturated carbocycles. The Labute approximate surface area is 103 Å². The van der Waals surface area contributed by atoms with E-state index in [1.165, 1.54) is 0 Å². The molecule has 0 aromatic rings. The van der Waals surface area contributed by atoms with Crippen molar-refractivity contribution >= 4 is 24.2 Å². The lowest BCUT2D eigenvalue weighted by Gasteiger charge is -2.23. The van der Waals surface area contributed by atoms with Crippen LogP contribution in [0.3, 0.4) is 0 Å². The smallest absolute Gasteiger partial charge is 0.431 e. The maximum Gasteiger partial charge on any atom is 0.431 e. The molecule has 0 aromatic carbocycles. The zero-order chi connectivity index (χ0) is 12.1. The van der Waals surface area contributed by atoms with Crippen molar-refractivity contribution in [2.45, 2.75) is 40.2 Å². The fraction of sp³-hybridized carbons (Fsp3) is 0.636. The van der Waals surface area contributed by atoms with Crippen LogP contribution >= 0.6 is 12.4 Å². The minimum Gasteiger partial charge on any atom is -0.442 e. The molecule has 0 N–H and O–H groups in total. The molecule has 0 unspecified atom stereocenters. The molecule has 0 heterocycles. The molecule has 0 spiro atoms. The lowest BCUT2D eigenvalue weighted by atomic mass is 10.2. The number of halogens is 1. The van der Waals surface area contributed by atoms with Crippen LogP contribution in [0.4, 0.5) is 4.79 Å². The summed E-state index contributed by atoms with van der Waals surface area (Å²) in [6.45, 7) is 9.06. The molecule has 16 heavy (non-hydrogen) atoms. The van der Waals surface area contributed by atoms with E-state index in [0.717, 1.165) is 10.7 Å². The Bertz CT molecular complexity index is 296. The van der Waals surface area contributed by atoms with Crippen molar-refractivity contribution in [2.75, 3.05) is 6.54 Å². The third-order valence-electron chi connectivity index (χ3n) is 1.17. The van der Waals surface area contributed by atoms with Crippen LogP contribution in [-0.2, 0) is 4.74 Å². The number of hydrazone groups is 1. The summed E-state index contributed by atoms with van der Waals surface area (Å²) < 4.78 is 5.14. The quantitative estimate of drug-likeness (QED) is 0.427. The van der Waals surface area contributed by atoms with Crippen molar-refractivity contribution in [2.24, 2.45) is 5.10 Å². The van der Waals surface area contributed by atoms with Crippen LogP contribution < -0.4 is 0 Å². The second kappa shape index (κ2) is 7.13. The summed E-state index contributed by atoms with van der Waals surface area (Å²) in [6, 6.07) is 0. The summed E-state index contributed by atoms with van der Waals surface area (Å²) >= 11 is 0. The van der Waals surface area contributed by atoms with Crippen LogP contribution in [0.2, 0.25) is 0 Å². The third kappa shape index (κ3) is 8.13. The van der Waals surface area contributed by atoms with E-state index in [-0.39, 0.29) is 19.0 Å². The van der Waals surface area contributed by atoms with Crippen molar-refractivity contribution in [1.29, 1.82) is 0 Å². The van der Waals surface area contributed by atoms with Gasteiger partial charge in [-0.1, -0.05) is 5.92 Å². The van der Waals surface area contributed by atoms with Crippen LogP contribution in [0.25, 0.3) is 0 Å². The molecule has 0 saturated heterocycles. The van der Waals surface area contributed by atoms with Gasteiger partial charge in [0.2, 0.25) is 0 Å². The van der Waals surface area contributed by atoms with Crippen LogP contribution in [0.5, 0.6) is 0 Å². The number of rotatable bonds is 2. The van der Waals surface area contributed by atoms with E-state index < -0.39 is 11.7 Å². The SMILES string of the molecule is C#CCN(N=C(C)C)C(=O)OC(C)(C)C.Cl. The van der Waals surface area contributed by atoms with Crippen molar-refractivity contribution in [3.63, 3.8) is 0 Å². The molecular weight excluding hydrogens is 228 g/mol. The van der Waals surface area contributed by atoms with Gasteiger partial charge in [0.1, 0.15) is 12.1 Å². The molecule has 0 bridgehead atoms. The van der Waals surface area contributed by atoms with Crippen molar-refractivity contribution in [3.8, 4) is 12.3 Å². The zero-order valence-electron chi connectivity index (χ0n) is 10.4. The first-order valence-electron chi connectivity index (χ1n) is 4.72. The molecule has 0 radical (unpaired) electrons. The predicted octanol–water partition coefficient (Wildman–Crippen LogP) is 2.67. The van der Waals surface area contributed by atoms with Gasteiger partial charge in [-0.05, 0) is 34.6 Å². The Hall–Kier alpha value is -1.21. The zero-order valence-corrected chi connectivity index (χ0v) is 11.2. The lowest BCUT2D eigenvalue weighted by molar-refractivity contribution is 0.0279. The van der Waals surface area contributed by atoms with Gasteiger partial charge < -0.3 is 4.74 Å². The standard InChI is InChI=1S/C11H18N2O2.ClH/c1-7-8-13(12-9(2)3)10(14)15-11(4,5)6;/h1H,8H2,2-6H3;1H. The normalized spacial score (nSPS) is 9.50. The maximum atomic E-state index is 11.6. The van der Waals surface area contributed by atoms with Crippen LogP contribution in [-0.4, -0.2) is 29.0 Å². The summed E-state index contributed by atoms with van der Waals surface area (Å²) in [7, 11) is 0. The molecule has 0 aromatic heterocycles. The van der Waals surface area contributed by atoms with E-state index in [4.69, 9.17) is 11.2 Å². The van der Waals surface area contributed by atoms with Gasteiger partial charge in [-0.25, -0.2) is 4.79 Å². The summed E-state index contributed by atoms with van der Waals surface area (Å²) in [5, 5.41) is 5.12. The molecule has 1 amide bonds. The number of hydrogen-bond donors (Lipinski definition) is 0. The highest BCUT2D eigenvalue weighted by Gasteiger charge is 2.21. The van der Waals surface area contributed by atoms with Gasteiger partial charge in [0, 0.05) is 5.71 Å². The molecule has 0 aliphatic heterocycles. The largest absolute Gasteiger partial charge is 0.442 e. The summed E-state index contributed by atoms with van der Waals surface area (Å²) in [4.78, 5) is 11.6. The number of ether oxygens (including phenoxy) is 1. The summed E-state index contributed by atoms with van der Waals surface area (Å²) in [5.74, 6) is 2.36. The number of amides is 1. The third-order valence-corrected chi connectivity index (χ3v) is 1.17. The number of carbonyl (C=O) groups is 1. The molecule has 0 atom stereocenters. The molecule has 0 fully saturated rings. The van der Waals surface area contributed by atoms with Crippen molar-refractivity contribution < 1.29 is 9.53 Å². The van der Waals surface area contributed by atoms with Gasteiger partial charge in [-0.3, -0.25) is 0 Å². The summed E-state index contributed by atoms with van der Waals surface area (Å²) in [6.07, 6.45) is 4.61. The van der Waals surface area contributed by atoms with Crippen LogP contribution in [0, 0.1) is 12.3 Å². The average molecular weight is 247 g/mol. The minimum atomic E-state index is -0.541. The second-order valence-electron chi connectivity index (χ2n) is 4.29. The molecule has 5 heteroatoms. The molecule has 92 valence electrons. The van der Waals surface area contributed by atoms with E-state index in [1.807, 2.05) is 0 Å². The highest BCUT2D eigenvalue weighted by molar-refractivity contribution is 5.85. The highest BCUT2D eigenvalue weighted by atomic mass is 35.5. The molecular formula is C11H19ClN2O2. The van der Waals surface area contributed by atoms with Gasteiger partial charge in [-0.15, -0.1) is 18.8 Å². The Morgan fingerprint density at radius 1 is 1.44 bits per heavy atom.